The van der Waals surface area contributed by atoms with Gasteiger partial charge in [-0.2, -0.15) is 0 Å². The molecule has 0 bridgehead atoms. The van der Waals surface area contributed by atoms with Crippen molar-refractivity contribution in [1.29, 1.82) is 5.41 Å². The van der Waals surface area contributed by atoms with Crippen LogP contribution >= 0.6 is 11.8 Å². The SMILES string of the molecule is Cn1nnnc1CSC(=N)N. The molecule has 0 aliphatic carbocycles. The van der Waals surface area contributed by atoms with Crippen molar-refractivity contribution in [3.8, 4) is 0 Å². The molecule has 6 nitrogen and oxygen atoms in total. The zero-order valence-corrected chi connectivity index (χ0v) is 6.80. The summed E-state index contributed by atoms with van der Waals surface area (Å²) in [6, 6.07) is 0. The Morgan fingerprint density at radius 2 is 2.55 bits per heavy atom. The molecule has 0 amide bonds. The Hall–Kier alpha value is -1.11. The van der Waals surface area contributed by atoms with Crippen LogP contribution in [0.4, 0.5) is 0 Å². The van der Waals surface area contributed by atoms with Crippen LogP contribution in [0.5, 0.6) is 0 Å². The van der Waals surface area contributed by atoms with E-state index in [2.05, 4.69) is 15.5 Å². The van der Waals surface area contributed by atoms with Gasteiger partial charge in [-0.1, -0.05) is 11.8 Å². The maximum atomic E-state index is 6.93. The highest BCUT2D eigenvalue weighted by Gasteiger charge is 2.01. The van der Waals surface area contributed by atoms with Crippen molar-refractivity contribution in [3.05, 3.63) is 5.82 Å². The molecule has 0 fully saturated rings. The van der Waals surface area contributed by atoms with Crippen LogP contribution < -0.4 is 5.73 Å². The second-order valence-corrected chi connectivity index (χ2v) is 2.89. The van der Waals surface area contributed by atoms with Gasteiger partial charge in [0.05, 0.1) is 5.75 Å². The first-order valence-corrected chi connectivity index (χ1v) is 3.87. The minimum Gasteiger partial charge on any atom is -0.379 e. The van der Waals surface area contributed by atoms with Gasteiger partial charge in [-0.3, -0.25) is 5.41 Å². The van der Waals surface area contributed by atoms with E-state index in [-0.39, 0.29) is 5.17 Å². The van der Waals surface area contributed by atoms with E-state index < -0.39 is 0 Å². The van der Waals surface area contributed by atoms with Crippen molar-refractivity contribution < 1.29 is 0 Å². The topological polar surface area (TPSA) is 93.5 Å². The van der Waals surface area contributed by atoms with Crippen molar-refractivity contribution in [2.45, 2.75) is 5.75 Å². The predicted molar refractivity (Wildman–Crippen MR) is 42.0 cm³/mol. The summed E-state index contributed by atoms with van der Waals surface area (Å²) in [5.74, 6) is 1.25. The summed E-state index contributed by atoms with van der Waals surface area (Å²) in [5.41, 5.74) is 5.13. The Morgan fingerprint density at radius 3 is 3.00 bits per heavy atom. The Balaban J connectivity index is 2.51. The molecule has 0 aliphatic heterocycles. The van der Waals surface area contributed by atoms with E-state index in [0.717, 1.165) is 0 Å². The monoisotopic (exact) mass is 172 g/mol. The number of nitrogens with two attached hydrogens (primary N) is 1. The maximum absolute atomic E-state index is 6.93. The molecule has 1 rings (SSSR count). The summed E-state index contributed by atoms with van der Waals surface area (Å²) in [5, 5.41) is 17.8. The van der Waals surface area contributed by atoms with E-state index in [0.29, 0.717) is 11.6 Å². The molecule has 0 atom stereocenters. The normalized spacial score (nSPS) is 9.91. The lowest BCUT2D eigenvalue weighted by molar-refractivity contribution is 0.693. The first-order valence-electron chi connectivity index (χ1n) is 2.88. The zero-order chi connectivity index (χ0) is 8.27. The Labute approximate surface area is 67.7 Å². The van der Waals surface area contributed by atoms with Gasteiger partial charge < -0.3 is 5.73 Å². The number of thioether (sulfide) groups is 1. The smallest absolute Gasteiger partial charge is 0.161 e. The van der Waals surface area contributed by atoms with Gasteiger partial charge in [0, 0.05) is 7.05 Å². The third kappa shape index (κ3) is 2.19. The summed E-state index contributed by atoms with van der Waals surface area (Å²) in [7, 11) is 1.75. The van der Waals surface area contributed by atoms with Crippen LogP contribution in [0, 0.1) is 5.41 Å². The second-order valence-electron chi connectivity index (χ2n) is 1.87. The van der Waals surface area contributed by atoms with Gasteiger partial charge in [0.15, 0.2) is 11.0 Å². The molecule has 11 heavy (non-hydrogen) atoms. The average molecular weight is 172 g/mol. The zero-order valence-electron chi connectivity index (χ0n) is 5.98. The van der Waals surface area contributed by atoms with Gasteiger partial charge in [0.25, 0.3) is 0 Å². The summed E-state index contributed by atoms with van der Waals surface area (Å²) in [6.45, 7) is 0. The molecule has 1 aromatic rings. The third-order valence-electron chi connectivity index (χ3n) is 1.06. The Morgan fingerprint density at radius 1 is 1.82 bits per heavy atom. The number of hydrogen-bond acceptors (Lipinski definition) is 5. The van der Waals surface area contributed by atoms with Gasteiger partial charge in [0.1, 0.15) is 0 Å². The summed E-state index contributed by atoms with van der Waals surface area (Å²) in [6.07, 6.45) is 0. The number of nitrogens with one attached hydrogen (secondary N) is 1. The fourth-order valence-corrected chi connectivity index (χ4v) is 1.04. The van der Waals surface area contributed by atoms with Gasteiger partial charge in [-0.25, -0.2) is 4.68 Å². The largest absolute Gasteiger partial charge is 0.379 e. The quantitative estimate of drug-likeness (QED) is 0.456. The van der Waals surface area contributed by atoms with Crippen LogP contribution in [-0.2, 0) is 12.8 Å². The summed E-state index contributed by atoms with van der Waals surface area (Å²) in [4.78, 5) is 0. The molecule has 0 aromatic carbocycles. The highest BCUT2D eigenvalue weighted by atomic mass is 32.2. The molecule has 0 unspecified atom stereocenters. The highest BCUT2D eigenvalue weighted by Crippen LogP contribution is 2.05. The molecule has 1 aromatic heterocycles. The molecular formula is C4H8N6S. The number of aromatic nitrogens is 4. The first kappa shape index (κ1) is 7.99. The fraction of sp³-hybridized carbons (Fsp3) is 0.500. The van der Waals surface area contributed by atoms with Crippen LogP contribution in [-0.4, -0.2) is 25.4 Å². The minimum absolute atomic E-state index is 0.0769. The molecule has 0 saturated carbocycles. The van der Waals surface area contributed by atoms with Crippen molar-refractivity contribution in [3.63, 3.8) is 0 Å². The number of rotatable bonds is 2. The van der Waals surface area contributed by atoms with Gasteiger partial charge in [-0.05, 0) is 10.4 Å². The molecule has 3 N–H and O–H groups in total. The van der Waals surface area contributed by atoms with E-state index in [4.69, 9.17) is 11.1 Å². The number of aryl methyl sites for hydroxylation is 1. The number of hydrogen-bond donors (Lipinski definition) is 2. The second kappa shape index (κ2) is 3.33. The molecule has 0 radical (unpaired) electrons. The molecular weight excluding hydrogens is 164 g/mol. The standard InChI is InChI=1S/C4H8N6S/c1-10-3(7-8-9-10)2-11-4(5)6/h2H2,1H3,(H3,5,6). The Kier molecular flexibility index (Phi) is 2.42. The first-order chi connectivity index (χ1) is 5.20. The van der Waals surface area contributed by atoms with Crippen molar-refractivity contribution in [2.75, 3.05) is 0 Å². The number of amidine groups is 1. The van der Waals surface area contributed by atoms with Crippen molar-refractivity contribution >= 4 is 16.9 Å². The molecule has 0 aliphatic rings. The molecule has 1 heterocycles. The van der Waals surface area contributed by atoms with E-state index >= 15 is 0 Å². The number of nitrogens with zero attached hydrogens (tertiary/aromatic N) is 4. The van der Waals surface area contributed by atoms with Crippen molar-refractivity contribution in [1.82, 2.24) is 20.2 Å². The van der Waals surface area contributed by atoms with Crippen LogP contribution in [0.15, 0.2) is 0 Å². The summed E-state index contributed by atoms with van der Waals surface area (Å²) < 4.78 is 1.55. The molecule has 0 spiro atoms. The van der Waals surface area contributed by atoms with Crippen LogP contribution in [0.1, 0.15) is 5.82 Å². The van der Waals surface area contributed by atoms with Crippen LogP contribution in [0.25, 0.3) is 0 Å². The van der Waals surface area contributed by atoms with Gasteiger partial charge >= 0.3 is 0 Å². The average Bonchev–Trinajstić information content (AvgIpc) is 2.31. The molecule has 0 saturated heterocycles. The lowest BCUT2D eigenvalue weighted by atomic mass is 10.7. The highest BCUT2D eigenvalue weighted by molar-refractivity contribution is 8.12. The van der Waals surface area contributed by atoms with E-state index in [9.17, 15) is 0 Å². The van der Waals surface area contributed by atoms with E-state index in [1.165, 1.54) is 11.8 Å². The number of tetrazole rings is 1. The maximum Gasteiger partial charge on any atom is 0.161 e. The van der Waals surface area contributed by atoms with E-state index in [1.807, 2.05) is 0 Å². The lowest BCUT2D eigenvalue weighted by Crippen LogP contribution is -2.06. The van der Waals surface area contributed by atoms with Crippen molar-refractivity contribution in [2.24, 2.45) is 12.8 Å². The molecule has 7 heteroatoms. The molecule has 60 valence electrons. The van der Waals surface area contributed by atoms with Gasteiger partial charge in [0.2, 0.25) is 0 Å². The fourth-order valence-electron chi connectivity index (χ4n) is 0.513. The third-order valence-corrected chi connectivity index (χ3v) is 1.78. The van der Waals surface area contributed by atoms with E-state index in [1.54, 1.807) is 11.7 Å². The predicted octanol–water partition coefficient (Wildman–Crippen LogP) is -0.663. The summed E-state index contributed by atoms with van der Waals surface area (Å²) >= 11 is 1.20. The van der Waals surface area contributed by atoms with Crippen LogP contribution in [0.3, 0.4) is 0 Å². The Bertz CT molecular complexity index is 255. The van der Waals surface area contributed by atoms with Crippen LogP contribution in [0.2, 0.25) is 0 Å². The lowest BCUT2D eigenvalue weighted by Gasteiger charge is -1.95. The van der Waals surface area contributed by atoms with Gasteiger partial charge in [-0.15, -0.1) is 5.10 Å². The minimum atomic E-state index is 0.0769.